The molecule has 0 aliphatic rings. The normalized spacial score (nSPS) is 12.2. The van der Waals surface area contributed by atoms with Crippen molar-refractivity contribution < 1.29 is 4.79 Å². The van der Waals surface area contributed by atoms with E-state index in [-0.39, 0.29) is 5.78 Å². The van der Waals surface area contributed by atoms with E-state index in [4.69, 9.17) is 23.2 Å². The summed E-state index contributed by atoms with van der Waals surface area (Å²) in [5, 5.41) is 0.939. The van der Waals surface area contributed by atoms with Crippen LogP contribution in [-0.4, -0.2) is 5.78 Å². The van der Waals surface area contributed by atoms with Crippen molar-refractivity contribution in [1.29, 1.82) is 0 Å². The molecule has 0 aliphatic heterocycles. The molecule has 0 fully saturated rings. The Kier molecular flexibility index (Phi) is 4.85. The molecule has 20 heavy (non-hydrogen) atoms. The molecule has 3 heteroatoms. The van der Waals surface area contributed by atoms with Gasteiger partial charge in [0.2, 0.25) is 0 Å². The largest absolute Gasteiger partial charge is 0.289 e. The fraction of sp³-hybridized carbons (Fsp3) is 0.235. The highest BCUT2D eigenvalue weighted by molar-refractivity contribution is 6.35. The predicted molar refractivity (Wildman–Crippen MR) is 85.0 cm³/mol. The maximum Gasteiger partial charge on any atom is 0.193 e. The second-order valence-electron chi connectivity index (χ2n) is 4.92. The van der Waals surface area contributed by atoms with E-state index in [0.29, 0.717) is 27.1 Å². The monoisotopic (exact) mass is 306 g/mol. The summed E-state index contributed by atoms with van der Waals surface area (Å²) in [5.74, 6) is 0.435. The van der Waals surface area contributed by atoms with E-state index >= 15 is 0 Å². The fourth-order valence-electron chi connectivity index (χ4n) is 2.05. The number of rotatable bonds is 4. The summed E-state index contributed by atoms with van der Waals surface area (Å²) in [6.07, 6.45) is 1.08. The van der Waals surface area contributed by atoms with E-state index in [1.807, 2.05) is 24.3 Å². The van der Waals surface area contributed by atoms with Crippen LogP contribution in [0.4, 0.5) is 0 Å². The molecule has 0 bridgehead atoms. The van der Waals surface area contributed by atoms with Gasteiger partial charge in [0.15, 0.2) is 5.78 Å². The molecule has 0 spiro atoms. The van der Waals surface area contributed by atoms with Crippen LogP contribution < -0.4 is 0 Å². The number of hydrogen-bond acceptors (Lipinski definition) is 1. The summed E-state index contributed by atoms with van der Waals surface area (Å²) >= 11 is 11.9. The quantitative estimate of drug-likeness (QED) is 0.658. The average molecular weight is 307 g/mol. The summed E-state index contributed by atoms with van der Waals surface area (Å²) in [5.41, 5.74) is 2.40. The molecule has 0 saturated carbocycles. The summed E-state index contributed by atoms with van der Waals surface area (Å²) in [7, 11) is 0. The zero-order chi connectivity index (χ0) is 14.7. The van der Waals surface area contributed by atoms with Crippen LogP contribution in [0.15, 0.2) is 42.5 Å². The molecule has 2 aromatic rings. The highest BCUT2D eigenvalue weighted by Gasteiger charge is 2.11. The topological polar surface area (TPSA) is 17.1 Å². The van der Waals surface area contributed by atoms with Crippen molar-refractivity contribution in [2.45, 2.75) is 26.2 Å². The first-order chi connectivity index (χ1) is 9.51. The van der Waals surface area contributed by atoms with Gasteiger partial charge >= 0.3 is 0 Å². The van der Waals surface area contributed by atoms with Crippen molar-refractivity contribution >= 4 is 29.0 Å². The van der Waals surface area contributed by atoms with Gasteiger partial charge in [-0.3, -0.25) is 4.79 Å². The van der Waals surface area contributed by atoms with Gasteiger partial charge < -0.3 is 0 Å². The zero-order valence-corrected chi connectivity index (χ0v) is 13.0. The van der Waals surface area contributed by atoms with Gasteiger partial charge in [0.1, 0.15) is 0 Å². The molecular formula is C17H16Cl2O. The first-order valence-corrected chi connectivity index (χ1v) is 7.37. The van der Waals surface area contributed by atoms with Crippen molar-refractivity contribution in [2.24, 2.45) is 0 Å². The lowest BCUT2D eigenvalue weighted by Crippen LogP contribution is -2.02. The third kappa shape index (κ3) is 3.41. The third-order valence-corrected chi connectivity index (χ3v) is 3.92. The molecule has 1 atom stereocenters. The van der Waals surface area contributed by atoms with E-state index in [0.717, 1.165) is 6.42 Å². The number of carbonyl (C=O) groups excluding carboxylic acids is 1. The van der Waals surface area contributed by atoms with Crippen LogP contribution in [0.25, 0.3) is 0 Å². The Hall–Kier alpha value is -1.31. The lowest BCUT2D eigenvalue weighted by atomic mass is 9.95. The summed E-state index contributed by atoms with van der Waals surface area (Å²) < 4.78 is 0. The minimum Gasteiger partial charge on any atom is -0.289 e. The van der Waals surface area contributed by atoms with Crippen LogP contribution in [-0.2, 0) is 0 Å². The van der Waals surface area contributed by atoms with Crippen molar-refractivity contribution in [3.8, 4) is 0 Å². The molecule has 0 saturated heterocycles. The first-order valence-electron chi connectivity index (χ1n) is 6.62. The molecule has 0 heterocycles. The minimum absolute atomic E-state index is 0.0647. The molecule has 0 N–H and O–H groups in total. The second kappa shape index (κ2) is 6.43. The van der Waals surface area contributed by atoms with Crippen LogP contribution in [0.2, 0.25) is 10.0 Å². The van der Waals surface area contributed by atoms with Gasteiger partial charge in [-0.15, -0.1) is 0 Å². The Morgan fingerprint density at radius 2 is 1.55 bits per heavy atom. The van der Waals surface area contributed by atoms with Gasteiger partial charge in [0, 0.05) is 21.2 Å². The summed E-state index contributed by atoms with van der Waals surface area (Å²) in [6, 6.07) is 12.6. The summed E-state index contributed by atoms with van der Waals surface area (Å²) in [6.45, 7) is 4.32. The standard InChI is InChI=1S/C17H16Cl2O/c1-3-11(2)12-4-6-13(7-5-12)17(20)14-8-15(18)10-16(19)9-14/h4-11H,3H2,1-2H3. The predicted octanol–water partition coefficient (Wildman–Crippen LogP) is 5.74. The van der Waals surface area contributed by atoms with Crippen molar-refractivity contribution in [1.82, 2.24) is 0 Å². The molecule has 0 radical (unpaired) electrons. The molecular weight excluding hydrogens is 291 g/mol. The van der Waals surface area contributed by atoms with Crippen LogP contribution in [0.3, 0.4) is 0 Å². The average Bonchev–Trinajstić information content (AvgIpc) is 2.45. The Bertz CT molecular complexity index is 597. The Morgan fingerprint density at radius 3 is 2.05 bits per heavy atom. The molecule has 0 aromatic heterocycles. The maximum atomic E-state index is 12.4. The van der Waals surface area contributed by atoms with Gasteiger partial charge in [-0.1, -0.05) is 61.3 Å². The van der Waals surface area contributed by atoms with Gasteiger partial charge in [0.05, 0.1) is 0 Å². The molecule has 1 nitrogen and oxygen atoms in total. The van der Waals surface area contributed by atoms with E-state index < -0.39 is 0 Å². The van der Waals surface area contributed by atoms with Crippen LogP contribution in [0.1, 0.15) is 47.7 Å². The molecule has 0 amide bonds. The molecule has 1 unspecified atom stereocenters. The Balaban J connectivity index is 2.29. The summed E-state index contributed by atoms with van der Waals surface area (Å²) in [4.78, 5) is 12.4. The van der Waals surface area contributed by atoms with E-state index in [1.165, 1.54) is 5.56 Å². The second-order valence-corrected chi connectivity index (χ2v) is 5.79. The van der Waals surface area contributed by atoms with Crippen molar-refractivity contribution in [3.63, 3.8) is 0 Å². The highest BCUT2D eigenvalue weighted by atomic mass is 35.5. The maximum absolute atomic E-state index is 12.4. The van der Waals surface area contributed by atoms with E-state index in [9.17, 15) is 4.79 Å². The Labute approximate surface area is 129 Å². The number of carbonyl (C=O) groups is 1. The van der Waals surface area contributed by atoms with Crippen molar-refractivity contribution in [2.75, 3.05) is 0 Å². The van der Waals surface area contributed by atoms with Gasteiger partial charge in [0.25, 0.3) is 0 Å². The number of halogens is 2. The first kappa shape index (κ1) is 15.1. The minimum atomic E-state index is -0.0647. The fourth-order valence-corrected chi connectivity index (χ4v) is 2.58. The van der Waals surface area contributed by atoms with Crippen molar-refractivity contribution in [3.05, 3.63) is 69.2 Å². The zero-order valence-electron chi connectivity index (χ0n) is 11.5. The lowest BCUT2D eigenvalue weighted by molar-refractivity contribution is 0.103. The number of ketones is 1. The lowest BCUT2D eigenvalue weighted by Gasteiger charge is -2.09. The smallest absolute Gasteiger partial charge is 0.193 e. The highest BCUT2D eigenvalue weighted by Crippen LogP contribution is 2.23. The molecule has 0 aliphatic carbocycles. The third-order valence-electron chi connectivity index (χ3n) is 3.48. The van der Waals surface area contributed by atoms with E-state index in [1.54, 1.807) is 18.2 Å². The molecule has 2 aromatic carbocycles. The Morgan fingerprint density at radius 1 is 1.00 bits per heavy atom. The van der Waals surface area contributed by atoms with Gasteiger partial charge in [-0.05, 0) is 36.1 Å². The van der Waals surface area contributed by atoms with Crippen LogP contribution in [0, 0.1) is 0 Å². The van der Waals surface area contributed by atoms with Crippen LogP contribution in [0.5, 0.6) is 0 Å². The molecule has 2 rings (SSSR count). The number of hydrogen-bond donors (Lipinski definition) is 0. The number of benzene rings is 2. The van der Waals surface area contributed by atoms with Crippen LogP contribution >= 0.6 is 23.2 Å². The van der Waals surface area contributed by atoms with Gasteiger partial charge in [-0.25, -0.2) is 0 Å². The van der Waals surface area contributed by atoms with E-state index in [2.05, 4.69) is 13.8 Å². The molecule has 104 valence electrons. The van der Waals surface area contributed by atoms with Gasteiger partial charge in [-0.2, -0.15) is 0 Å². The SMILES string of the molecule is CCC(C)c1ccc(C(=O)c2cc(Cl)cc(Cl)c2)cc1.